The van der Waals surface area contributed by atoms with Crippen LogP contribution in [-0.2, 0) is 4.74 Å². The Morgan fingerprint density at radius 3 is 2.67 bits per heavy atom. The fourth-order valence-corrected chi connectivity index (χ4v) is 3.07. The number of nitrogens with zero attached hydrogens (tertiary/aromatic N) is 1. The number of allylic oxidation sites excluding steroid dienone is 5. The molecule has 0 atom stereocenters. The largest absolute Gasteiger partial charge is 0.491 e. The average Bonchev–Trinajstić information content (AvgIpc) is 2.65. The van der Waals surface area contributed by atoms with Gasteiger partial charge >= 0.3 is 0 Å². The highest BCUT2D eigenvalue weighted by molar-refractivity contribution is 8.06. The van der Waals surface area contributed by atoms with Crippen LogP contribution in [0.5, 0.6) is 0 Å². The van der Waals surface area contributed by atoms with E-state index in [0.717, 1.165) is 22.5 Å². The van der Waals surface area contributed by atoms with Crippen LogP contribution in [0.2, 0.25) is 0 Å². The molecule has 0 saturated heterocycles. The van der Waals surface area contributed by atoms with Gasteiger partial charge in [-0.05, 0) is 49.8 Å². The van der Waals surface area contributed by atoms with E-state index < -0.39 is 4.92 Å². The van der Waals surface area contributed by atoms with E-state index >= 15 is 0 Å². The lowest BCUT2D eigenvalue weighted by Crippen LogP contribution is -2.02. The van der Waals surface area contributed by atoms with E-state index in [1.165, 1.54) is 12.1 Å². The van der Waals surface area contributed by atoms with Crippen molar-refractivity contribution in [3.8, 4) is 0 Å². The number of aliphatic hydroxyl groups is 1. The summed E-state index contributed by atoms with van der Waals surface area (Å²) in [4.78, 5) is 11.8. The van der Waals surface area contributed by atoms with Crippen LogP contribution in [0.25, 0.3) is 5.76 Å². The predicted octanol–water partition coefficient (Wildman–Crippen LogP) is 5.76. The lowest BCUT2D eigenvalue weighted by atomic mass is 10.0. The highest BCUT2D eigenvalue weighted by Crippen LogP contribution is 2.31. The summed E-state index contributed by atoms with van der Waals surface area (Å²) in [7, 11) is 0. The Morgan fingerprint density at radius 2 is 2.11 bits per heavy atom. The highest BCUT2D eigenvalue weighted by atomic mass is 32.2. The molecule has 1 N–H and O–H groups in total. The van der Waals surface area contributed by atoms with E-state index in [1.54, 1.807) is 17.8 Å². The van der Waals surface area contributed by atoms with Crippen LogP contribution in [0.3, 0.4) is 0 Å². The van der Waals surface area contributed by atoms with Gasteiger partial charge in [-0.3, -0.25) is 10.1 Å². The van der Waals surface area contributed by atoms with Crippen LogP contribution >= 0.6 is 11.8 Å². The quantitative estimate of drug-likeness (QED) is 0.238. The molecule has 6 heteroatoms. The molecular formula is C21H27NO4S. The molecule has 1 aromatic rings. The number of nitro benzene ring substituents is 1. The van der Waals surface area contributed by atoms with Crippen LogP contribution in [0.4, 0.5) is 5.69 Å². The average molecular weight is 390 g/mol. The number of hydrogen-bond acceptors (Lipinski definition) is 5. The minimum absolute atomic E-state index is 0.00432. The third-order valence-electron chi connectivity index (χ3n) is 3.63. The number of non-ortho nitro benzene ring substituents is 1. The first kappa shape index (κ1) is 22.7. The van der Waals surface area contributed by atoms with E-state index in [9.17, 15) is 15.2 Å². The Bertz CT molecular complexity index is 763. The normalized spacial score (nSPS) is 13.3. The molecule has 27 heavy (non-hydrogen) atoms. The summed E-state index contributed by atoms with van der Waals surface area (Å²) in [5, 5.41) is 22.4. The maximum atomic E-state index is 11.2. The summed E-state index contributed by atoms with van der Waals surface area (Å²) in [6.45, 7) is 7.83. The molecule has 5 nitrogen and oxygen atoms in total. The molecule has 0 bridgehead atoms. The maximum Gasteiger partial charge on any atom is 0.270 e. The number of hydrogen-bond donors (Lipinski definition) is 1. The van der Waals surface area contributed by atoms with Crippen LogP contribution in [-0.4, -0.2) is 23.2 Å². The van der Waals surface area contributed by atoms with Gasteiger partial charge in [-0.1, -0.05) is 43.0 Å². The summed E-state index contributed by atoms with van der Waals surface area (Å²) in [5.41, 5.74) is 2.49. The summed E-state index contributed by atoms with van der Waals surface area (Å²) < 4.78 is 5.76. The van der Waals surface area contributed by atoms with Crippen molar-refractivity contribution >= 4 is 23.2 Å². The van der Waals surface area contributed by atoms with Gasteiger partial charge in [-0.2, -0.15) is 0 Å². The molecule has 0 spiro atoms. The van der Waals surface area contributed by atoms with Gasteiger partial charge in [0.05, 0.1) is 11.5 Å². The molecule has 0 unspecified atom stereocenters. The van der Waals surface area contributed by atoms with Gasteiger partial charge in [0.25, 0.3) is 5.69 Å². The molecular weight excluding hydrogens is 362 g/mol. The Hall–Kier alpha value is -2.31. The molecule has 0 aliphatic rings. The molecule has 0 heterocycles. The van der Waals surface area contributed by atoms with Crippen molar-refractivity contribution in [2.24, 2.45) is 0 Å². The molecule has 146 valence electrons. The van der Waals surface area contributed by atoms with E-state index in [4.69, 9.17) is 4.74 Å². The molecule has 1 aromatic carbocycles. The summed E-state index contributed by atoms with van der Waals surface area (Å²) >= 11 is 1.60. The van der Waals surface area contributed by atoms with Gasteiger partial charge in [0.1, 0.15) is 12.4 Å². The summed E-state index contributed by atoms with van der Waals surface area (Å²) in [6, 6.07) is 4.69. The number of thioether (sulfide) groups is 1. The molecule has 0 aliphatic heterocycles. The van der Waals surface area contributed by atoms with Crippen molar-refractivity contribution in [3.05, 3.63) is 79.6 Å². The number of nitro groups is 1. The van der Waals surface area contributed by atoms with Gasteiger partial charge in [0.15, 0.2) is 0 Å². The van der Waals surface area contributed by atoms with E-state index in [0.29, 0.717) is 11.3 Å². The van der Waals surface area contributed by atoms with Crippen molar-refractivity contribution < 1.29 is 14.8 Å². The Labute approximate surface area is 165 Å². The zero-order valence-electron chi connectivity index (χ0n) is 16.3. The summed E-state index contributed by atoms with van der Waals surface area (Å²) in [6.07, 6.45) is 8.79. The number of benzene rings is 1. The third kappa shape index (κ3) is 7.07. The second-order valence-corrected chi connectivity index (χ2v) is 6.59. The monoisotopic (exact) mass is 389 g/mol. The SMILES string of the molecule is C/C=C\SC(=C\C)/C(=C\CC)/C=C(/OCCO)c1cc([N+](=O)[O-])ccc1C. The van der Waals surface area contributed by atoms with Gasteiger partial charge in [0.2, 0.25) is 0 Å². The van der Waals surface area contributed by atoms with Crippen molar-refractivity contribution in [2.75, 3.05) is 13.2 Å². The zero-order chi connectivity index (χ0) is 20.2. The Balaban J connectivity index is 3.49. The minimum atomic E-state index is -0.422. The lowest BCUT2D eigenvalue weighted by molar-refractivity contribution is -0.384. The van der Waals surface area contributed by atoms with Gasteiger partial charge < -0.3 is 9.84 Å². The Kier molecular flexibility index (Phi) is 10.2. The van der Waals surface area contributed by atoms with Crippen LogP contribution in [0, 0.1) is 17.0 Å². The van der Waals surface area contributed by atoms with E-state index in [1.807, 2.05) is 51.3 Å². The molecule has 0 amide bonds. The van der Waals surface area contributed by atoms with Crippen LogP contribution in [0.1, 0.15) is 38.3 Å². The second-order valence-electron chi connectivity index (χ2n) is 5.64. The molecule has 0 aliphatic carbocycles. The predicted molar refractivity (Wildman–Crippen MR) is 113 cm³/mol. The molecule has 0 radical (unpaired) electrons. The van der Waals surface area contributed by atoms with Crippen molar-refractivity contribution in [3.63, 3.8) is 0 Å². The van der Waals surface area contributed by atoms with Crippen molar-refractivity contribution in [1.82, 2.24) is 0 Å². The van der Waals surface area contributed by atoms with Crippen LogP contribution < -0.4 is 0 Å². The smallest absolute Gasteiger partial charge is 0.270 e. The van der Waals surface area contributed by atoms with Crippen LogP contribution in [0.15, 0.2) is 58.4 Å². The minimum Gasteiger partial charge on any atom is -0.491 e. The number of ether oxygens (including phenoxy) is 1. The topological polar surface area (TPSA) is 72.6 Å². The van der Waals surface area contributed by atoms with E-state index in [2.05, 4.69) is 6.08 Å². The molecule has 0 aromatic heterocycles. The van der Waals surface area contributed by atoms with Gasteiger partial charge in [-0.25, -0.2) is 0 Å². The van der Waals surface area contributed by atoms with Crippen molar-refractivity contribution in [2.45, 2.75) is 34.1 Å². The fourth-order valence-electron chi connectivity index (χ4n) is 2.38. The first-order valence-corrected chi connectivity index (χ1v) is 9.71. The lowest BCUT2D eigenvalue weighted by Gasteiger charge is -2.14. The van der Waals surface area contributed by atoms with Crippen molar-refractivity contribution in [1.29, 1.82) is 0 Å². The first-order valence-electron chi connectivity index (χ1n) is 8.83. The summed E-state index contributed by atoms with van der Waals surface area (Å²) in [5.74, 6) is 0.505. The highest BCUT2D eigenvalue weighted by Gasteiger charge is 2.14. The van der Waals surface area contributed by atoms with Gasteiger partial charge in [-0.15, -0.1) is 0 Å². The Morgan fingerprint density at radius 1 is 1.37 bits per heavy atom. The maximum absolute atomic E-state index is 11.2. The number of rotatable bonds is 10. The van der Waals surface area contributed by atoms with Gasteiger partial charge in [0, 0.05) is 22.6 Å². The molecule has 0 saturated carbocycles. The molecule has 1 rings (SSSR count). The van der Waals surface area contributed by atoms with E-state index in [-0.39, 0.29) is 18.9 Å². The standard InChI is InChI=1S/C21H27NO4S/c1-5-8-17(21(7-3)27-13-6-2)14-20(26-12-11-23)19-15-18(22(24)25)10-9-16(19)4/h6-10,13-15,23H,5,11-12H2,1-4H3/b13-6-,17-8-,20-14+,21-7-. The number of aliphatic hydroxyl groups excluding tert-OH is 1. The fraction of sp³-hybridized carbons (Fsp3) is 0.333. The zero-order valence-corrected chi connectivity index (χ0v) is 17.1. The third-order valence-corrected chi connectivity index (χ3v) is 4.77. The second kappa shape index (κ2) is 12.1. The molecule has 0 fully saturated rings. The number of aryl methyl sites for hydroxylation is 1. The first-order chi connectivity index (χ1) is 13.0.